The van der Waals surface area contributed by atoms with Crippen LogP contribution in [0, 0.1) is 0 Å². The predicted molar refractivity (Wildman–Crippen MR) is 165 cm³/mol. The smallest absolute Gasteiger partial charge is 0.132 e. The first kappa shape index (κ1) is 22.5. The summed E-state index contributed by atoms with van der Waals surface area (Å²) in [5.74, 6) is 1.87. The van der Waals surface area contributed by atoms with Gasteiger partial charge in [0.15, 0.2) is 0 Å². The van der Waals surface area contributed by atoms with E-state index in [0.717, 1.165) is 55.8 Å². The molecule has 0 saturated heterocycles. The molecule has 0 saturated carbocycles. The number of rotatable bonds is 2. The molecule has 0 N–H and O–H groups in total. The van der Waals surface area contributed by atoms with Gasteiger partial charge in [-0.2, -0.15) is 0 Å². The lowest BCUT2D eigenvalue weighted by Crippen LogP contribution is -2.26. The van der Waals surface area contributed by atoms with Gasteiger partial charge < -0.3 is 4.74 Å². The van der Waals surface area contributed by atoms with Crippen LogP contribution in [-0.2, 0) is 5.41 Å². The van der Waals surface area contributed by atoms with Crippen molar-refractivity contribution in [1.82, 2.24) is 9.97 Å². The molecule has 192 valence electrons. The molecule has 1 aliphatic heterocycles. The highest BCUT2D eigenvalue weighted by Gasteiger charge is 2.47. The third-order valence-electron chi connectivity index (χ3n) is 8.91. The third-order valence-corrected chi connectivity index (χ3v) is 8.91. The Morgan fingerprint density at radius 3 is 1.95 bits per heavy atom. The molecular weight excluding hydrogens is 500 g/mol. The second kappa shape index (κ2) is 8.12. The first-order valence-corrected chi connectivity index (χ1v) is 14.0. The van der Waals surface area contributed by atoms with Gasteiger partial charge in [-0.25, -0.2) is 9.97 Å². The minimum Gasteiger partial charge on any atom is -0.457 e. The van der Waals surface area contributed by atoms with Crippen LogP contribution in [0.25, 0.3) is 55.4 Å². The summed E-state index contributed by atoms with van der Waals surface area (Å²) in [6.07, 6.45) is 0. The number of pyridine rings is 2. The van der Waals surface area contributed by atoms with Gasteiger partial charge in [-0.15, -0.1) is 0 Å². The number of hydrogen-bond donors (Lipinski definition) is 0. The minimum atomic E-state index is -0.304. The lowest BCUT2D eigenvalue weighted by Gasteiger charge is -2.35. The summed E-state index contributed by atoms with van der Waals surface area (Å²) in [6.45, 7) is 2.34. The summed E-state index contributed by atoms with van der Waals surface area (Å²) in [7, 11) is 0. The molecule has 0 bridgehead atoms. The average molecular weight is 525 g/mol. The maximum Gasteiger partial charge on any atom is 0.132 e. The highest BCUT2D eigenvalue weighted by molar-refractivity contribution is 6.04. The zero-order valence-corrected chi connectivity index (χ0v) is 22.4. The maximum absolute atomic E-state index is 6.39. The molecule has 5 aromatic carbocycles. The molecule has 2 aromatic heterocycles. The monoisotopic (exact) mass is 524 g/mol. The summed E-state index contributed by atoms with van der Waals surface area (Å²) >= 11 is 0. The molecule has 0 fully saturated rings. The molecule has 1 unspecified atom stereocenters. The van der Waals surface area contributed by atoms with Gasteiger partial charge in [-0.05, 0) is 53.9 Å². The van der Waals surface area contributed by atoms with Gasteiger partial charge in [-0.1, -0.05) is 97.1 Å². The molecule has 41 heavy (non-hydrogen) atoms. The Balaban J connectivity index is 1.24. The fourth-order valence-corrected chi connectivity index (χ4v) is 6.91. The van der Waals surface area contributed by atoms with E-state index in [2.05, 4.69) is 110 Å². The number of nitrogens with zero attached hydrogens (tertiary/aromatic N) is 2. The summed E-state index contributed by atoms with van der Waals surface area (Å²) in [4.78, 5) is 10.3. The molecule has 1 aliphatic carbocycles. The molecule has 0 amide bonds. The van der Waals surface area contributed by atoms with Crippen molar-refractivity contribution in [2.24, 2.45) is 0 Å². The van der Waals surface area contributed by atoms with Crippen LogP contribution in [0.1, 0.15) is 23.6 Å². The van der Waals surface area contributed by atoms with Crippen LogP contribution in [0.4, 0.5) is 0 Å². The molecule has 3 heteroatoms. The van der Waals surface area contributed by atoms with Crippen molar-refractivity contribution in [1.29, 1.82) is 0 Å². The van der Waals surface area contributed by atoms with Crippen molar-refractivity contribution >= 4 is 21.8 Å². The Kier molecular flexibility index (Phi) is 4.46. The Morgan fingerprint density at radius 1 is 0.512 bits per heavy atom. The van der Waals surface area contributed by atoms with Crippen molar-refractivity contribution in [3.05, 3.63) is 144 Å². The van der Waals surface area contributed by atoms with E-state index in [-0.39, 0.29) is 5.41 Å². The van der Waals surface area contributed by atoms with Crippen LogP contribution in [-0.4, -0.2) is 9.97 Å². The molecule has 7 aromatic rings. The van der Waals surface area contributed by atoms with E-state index < -0.39 is 0 Å². The highest BCUT2D eigenvalue weighted by Crippen LogP contribution is 2.60. The van der Waals surface area contributed by atoms with E-state index in [1.807, 2.05) is 24.3 Å². The summed E-state index contributed by atoms with van der Waals surface area (Å²) in [5, 5.41) is 2.17. The summed E-state index contributed by atoms with van der Waals surface area (Å²) < 4.78 is 6.39. The molecule has 9 rings (SSSR count). The Morgan fingerprint density at radius 2 is 1.17 bits per heavy atom. The van der Waals surface area contributed by atoms with Gasteiger partial charge in [-0.3, -0.25) is 0 Å². The lowest BCUT2D eigenvalue weighted by molar-refractivity contribution is 0.431. The zero-order chi connectivity index (χ0) is 27.1. The van der Waals surface area contributed by atoms with E-state index in [4.69, 9.17) is 14.7 Å². The first-order chi connectivity index (χ1) is 20.2. The van der Waals surface area contributed by atoms with Gasteiger partial charge in [0.05, 0.1) is 27.8 Å². The van der Waals surface area contributed by atoms with Gasteiger partial charge in [0.25, 0.3) is 0 Å². The number of benzene rings is 5. The zero-order valence-electron chi connectivity index (χ0n) is 22.4. The average Bonchev–Trinajstić information content (AvgIpc) is 3.30. The molecule has 1 atom stereocenters. The van der Waals surface area contributed by atoms with Crippen LogP contribution >= 0.6 is 0 Å². The Bertz CT molecular complexity index is 2200. The van der Waals surface area contributed by atoms with E-state index in [1.54, 1.807) is 0 Å². The number of para-hydroxylation sites is 1. The number of ether oxygens (including phenoxy) is 1. The first-order valence-electron chi connectivity index (χ1n) is 14.0. The molecule has 2 aliphatic rings. The van der Waals surface area contributed by atoms with Crippen molar-refractivity contribution in [3.8, 4) is 45.1 Å². The largest absolute Gasteiger partial charge is 0.457 e. The Hall–Kier alpha value is -5.28. The van der Waals surface area contributed by atoms with Crippen molar-refractivity contribution in [2.75, 3.05) is 0 Å². The summed E-state index contributed by atoms with van der Waals surface area (Å²) in [6, 6.07) is 44.8. The second-order valence-corrected chi connectivity index (χ2v) is 11.1. The van der Waals surface area contributed by atoms with Gasteiger partial charge in [0, 0.05) is 33.0 Å². The van der Waals surface area contributed by atoms with Crippen LogP contribution in [0.5, 0.6) is 11.5 Å². The number of aromatic nitrogens is 2. The fourth-order valence-electron chi connectivity index (χ4n) is 6.91. The van der Waals surface area contributed by atoms with E-state index in [1.165, 1.54) is 27.8 Å². The molecule has 3 heterocycles. The van der Waals surface area contributed by atoms with Crippen LogP contribution in [0.2, 0.25) is 0 Å². The summed E-state index contributed by atoms with van der Waals surface area (Å²) in [5.41, 5.74) is 11.9. The number of hydrogen-bond acceptors (Lipinski definition) is 3. The molecular formula is C38H24N2O. The highest BCUT2D eigenvalue weighted by atomic mass is 16.5. The van der Waals surface area contributed by atoms with Crippen LogP contribution in [0.15, 0.2) is 127 Å². The second-order valence-electron chi connectivity index (χ2n) is 11.1. The standard InChI is InChI=1S/C38H24N2O/c1-38-29-11-5-6-12-33(29)41-34-13-7-10-28(35(34)38)27-19-16-26(22-30(27)38)32-21-18-25-15-14-24-17-20-31(23-8-3-2-4-9-23)39-36(24)37(25)40-32/h2-22H,1H3. The predicted octanol–water partition coefficient (Wildman–Crippen LogP) is 9.56. The van der Waals surface area contributed by atoms with Crippen LogP contribution in [0.3, 0.4) is 0 Å². The third kappa shape index (κ3) is 3.09. The van der Waals surface area contributed by atoms with Crippen molar-refractivity contribution in [3.63, 3.8) is 0 Å². The van der Waals surface area contributed by atoms with Crippen molar-refractivity contribution in [2.45, 2.75) is 12.3 Å². The number of fused-ring (bicyclic) bond motifs is 8. The van der Waals surface area contributed by atoms with Crippen molar-refractivity contribution < 1.29 is 4.74 Å². The Labute approximate surface area is 237 Å². The molecule has 0 radical (unpaired) electrons. The van der Waals surface area contributed by atoms with Gasteiger partial charge in [0.2, 0.25) is 0 Å². The lowest BCUT2D eigenvalue weighted by atomic mass is 9.72. The minimum absolute atomic E-state index is 0.304. The quantitative estimate of drug-likeness (QED) is 0.211. The van der Waals surface area contributed by atoms with Crippen LogP contribution < -0.4 is 4.74 Å². The topological polar surface area (TPSA) is 35.0 Å². The molecule has 0 spiro atoms. The van der Waals surface area contributed by atoms with Gasteiger partial charge in [0.1, 0.15) is 11.5 Å². The SMILES string of the molecule is CC12c3ccccc3Oc3cccc(c31)-c1ccc(-c3ccc4ccc5ccc(-c6ccccc6)nc5c4n3)cc12. The van der Waals surface area contributed by atoms with Gasteiger partial charge >= 0.3 is 0 Å². The van der Waals surface area contributed by atoms with E-state index in [9.17, 15) is 0 Å². The maximum atomic E-state index is 6.39. The van der Waals surface area contributed by atoms with E-state index in [0.29, 0.717) is 0 Å². The normalized spacial score (nSPS) is 16.2. The molecule has 3 nitrogen and oxygen atoms in total. The van der Waals surface area contributed by atoms with E-state index >= 15 is 0 Å². The fraction of sp³-hybridized carbons (Fsp3) is 0.0526.